The second-order valence-electron chi connectivity index (χ2n) is 11.0. The zero-order valence-corrected chi connectivity index (χ0v) is 24.1. The van der Waals surface area contributed by atoms with Crippen molar-refractivity contribution in [1.29, 1.82) is 0 Å². The van der Waals surface area contributed by atoms with E-state index >= 15 is 0 Å². The van der Waals surface area contributed by atoms with Crippen molar-refractivity contribution in [2.75, 3.05) is 13.7 Å². The first kappa shape index (κ1) is 31.9. The molecule has 37 heavy (non-hydrogen) atoms. The lowest BCUT2D eigenvalue weighted by molar-refractivity contribution is -0.151. The number of ether oxygens (including phenoxy) is 2. The van der Waals surface area contributed by atoms with Gasteiger partial charge in [0.1, 0.15) is 24.2 Å². The van der Waals surface area contributed by atoms with Gasteiger partial charge in [0, 0.05) is 5.54 Å². The number of rotatable bonds is 11. The van der Waals surface area contributed by atoms with E-state index in [0.717, 1.165) is 5.56 Å². The first-order valence-corrected chi connectivity index (χ1v) is 12.8. The standard InChI is InChI=1S/C28H45N3O6/c1-11-19(4)22(30-26(35)37-27(5,6)7)25(34)31(28(8,9)12-2)23(20-15-13-14-18(3)16-20)24(33)29-17-21(32)36-10/h13-16,19,22-23H,11-12,17H2,1-10H3,(H,29,33)(H,30,35). The van der Waals surface area contributed by atoms with Crippen molar-refractivity contribution in [3.63, 3.8) is 0 Å². The fourth-order valence-electron chi connectivity index (χ4n) is 3.80. The summed E-state index contributed by atoms with van der Waals surface area (Å²) in [6.07, 6.45) is 0.434. The zero-order chi connectivity index (χ0) is 28.6. The van der Waals surface area contributed by atoms with Crippen LogP contribution >= 0.6 is 0 Å². The van der Waals surface area contributed by atoms with E-state index in [0.29, 0.717) is 18.4 Å². The molecule has 3 amide bonds. The third-order valence-electron chi connectivity index (χ3n) is 6.41. The van der Waals surface area contributed by atoms with Crippen LogP contribution in [0.5, 0.6) is 0 Å². The highest BCUT2D eigenvalue weighted by Crippen LogP contribution is 2.33. The summed E-state index contributed by atoms with van der Waals surface area (Å²) < 4.78 is 10.1. The van der Waals surface area contributed by atoms with Gasteiger partial charge in [0.15, 0.2) is 0 Å². The highest BCUT2D eigenvalue weighted by atomic mass is 16.6. The fraction of sp³-hybridized carbons (Fsp3) is 0.643. The molecule has 0 radical (unpaired) electrons. The van der Waals surface area contributed by atoms with Crippen LogP contribution in [0.4, 0.5) is 4.79 Å². The van der Waals surface area contributed by atoms with Gasteiger partial charge in [-0.15, -0.1) is 0 Å². The maximum atomic E-state index is 14.3. The average molecular weight is 520 g/mol. The molecule has 0 spiro atoms. The summed E-state index contributed by atoms with van der Waals surface area (Å²) in [7, 11) is 1.24. The summed E-state index contributed by atoms with van der Waals surface area (Å²) in [5, 5.41) is 5.38. The van der Waals surface area contributed by atoms with Crippen LogP contribution in [0.25, 0.3) is 0 Å². The average Bonchev–Trinajstić information content (AvgIpc) is 2.81. The molecule has 0 saturated heterocycles. The van der Waals surface area contributed by atoms with Crippen molar-refractivity contribution in [3.05, 3.63) is 35.4 Å². The van der Waals surface area contributed by atoms with Gasteiger partial charge in [-0.05, 0) is 59.4 Å². The molecule has 0 fully saturated rings. The van der Waals surface area contributed by atoms with Crippen LogP contribution in [0.15, 0.2) is 24.3 Å². The summed E-state index contributed by atoms with van der Waals surface area (Å²) in [5.74, 6) is -1.78. The molecule has 2 N–H and O–H groups in total. The molecule has 3 unspecified atom stereocenters. The van der Waals surface area contributed by atoms with E-state index in [1.807, 2.05) is 59.7 Å². The van der Waals surface area contributed by atoms with E-state index in [2.05, 4.69) is 15.4 Å². The highest BCUT2D eigenvalue weighted by molar-refractivity contribution is 5.93. The summed E-state index contributed by atoms with van der Waals surface area (Å²) in [6.45, 7) is 16.3. The Kier molecular flexibility index (Phi) is 11.6. The van der Waals surface area contributed by atoms with Crippen molar-refractivity contribution in [2.24, 2.45) is 5.92 Å². The van der Waals surface area contributed by atoms with Gasteiger partial charge in [0.05, 0.1) is 7.11 Å². The van der Waals surface area contributed by atoms with Gasteiger partial charge in [-0.2, -0.15) is 0 Å². The third kappa shape index (κ3) is 9.37. The smallest absolute Gasteiger partial charge is 0.408 e. The molecule has 0 aliphatic rings. The minimum atomic E-state index is -1.06. The molecular weight excluding hydrogens is 474 g/mol. The van der Waals surface area contributed by atoms with Gasteiger partial charge < -0.3 is 25.0 Å². The molecule has 208 valence electrons. The number of benzene rings is 1. The van der Waals surface area contributed by atoms with Crippen molar-refractivity contribution >= 4 is 23.9 Å². The zero-order valence-electron chi connectivity index (χ0n) is 24.1. The van der Waals surface area contributed by atoms with Crippen LogP contribution < -0.4 is 10.6 Å². The highest BCUT2D eigenvalue weighted by Gasteiger charge is 2.44. The maximum Gasteiger partial charge on any atom is 0.408 e. The van der Waals surface area contributed by atoms with Gasteiger partial charge in [-0.25, -0.2) is 4.79 Å². The SMILES string of the molecule is CCC(C)C(NC(=O)OC(C)(C)C)C(=O)N(C(C(=O)NCC(=O)OC)c1cccc(C)c1)C(C)(C)CC. The molecule has 0 heterocycles. The summed E-state index contributed by atoms with van der Waals surface area (Å²) in [5.41, 5.74) is -0.0178. The topological polar surface area (TPSA) is 114 Å². The Morgan fingerprint density at radius 1 is 1.05 bits per heavy atom. The number of methoxy groups -OCH3 is 1. The first-order valence-electron chi connectivity index (χ1n) is 12.8. The van der Waals surface area contributed by atoms with Crippen LogP contribution in [0, 0.1) is 12.8 Å². The number of nitrogens with one attached hydrogen (secondary N) is 2. The molecule has 0 saturated carbocycles. The molecule has 0 bridgehead atoms. The summed E-state index contributed by atoms with van der Waals surface area (Å²) >= 11 is 0. The lowest BCUT2D eigenvalue weighted by atomic mass is 9.89. The van der Waals surface area contributed by atoms with Gasteiger partial charge >= 0.3 is 12.1 Å². The quantitative estimate of drug-likeness (QED) is 0.422. The summed E-state index contributed by atoms with van der Waals surface area (Å²) in [4.78, 5) is 54.0. The van der Waals surface area contributed by atoms with Crippen LogP contribution in [-0.2, 0) is 23.9 Å². The van der Waals surface area contributed by atoms with E-state index in [4.69, 9.17) is 4.74 Å². The first-order chi connectivity index (χ1) is 17.1. The van der Waals surface area contributed by atoms with Gasteiger partial charge in [0.25, 0.3) is 0 Å². The van der Waals surface area contributed by atoms with Crippen LogP contribution in [0.2, 0.25) is 0 Å². The molecule has 9 nitrogen and oxygen atoms in total. The van der Waals surface area contributed by atoms with Gasteiger partial charge in [-0.1, -0.05) is 57.0 Å². The lowest BCUT2D eigenvalue weighted by Gasteiger charge is -2.45. The second-order valence-corrected chi connectivity index (χ2v) is 11.0. The largest absolute Gasteiger partial charge is 0.468 e. The van der Waals surface area contributed by atoms with Crippen molar-refractivity contribution in [3.8, 4) is 0 Å². The Morgan fingerprint density at radius 3 is 2.16 bits per heavy atom. The molecule has 0 aliphatic heterocycles. The minimum Gasteiger partial charge on any atom is -0.468 e. The van der Waals surface area contributed by atoms with E-state index in [1.165, 1.54) is 12.0 Å². The number of carbonyl (C=O) groups excluding carboxylic acids is 4. The fourth-order valence-corrected chi connectivity index (χ4v) is 3.80. The molecule has 0 aliphatic carbocycles. The van der Waals surface area contributed by atoms with Gasteiger partial charge in [-0.3, -0.25) is 14.4 Å². The molecule has 1 aromatic rings. The van der Waals surface area contributed by atoms with E-state index < -0.39 is 47.1 Å². The van der Waals surface area contributed by atoms with Crippen molar-refractivity contribution < 1.29 is 28.7 Å². The monoisotopic (exact) mass is 519 g/mol. The Balaban J connectivity index is 3.66. The van der Waals surface area contributed by atoms with Crippen LogP contribution in [0.1, 0.15) is 85.4 Å². The third-order valence-corrected chi connectivity index (χ3v) is 6.41. The normalized spacial score (nSPS) is 14.1. The number of esters is 1. The number of amides is 3. The number of hydrogen-bond acceptors (Lipinski definition) is 6. The van der Waals surface area contributed by atoms with E-state index in [9.17, 15) is 19.2 Å². The van der Waals surface area contributed by atoms with E-state index in [-0.39, 0.29) is 12.5 Å². The molecular formula is C28H45N3O6. The minimum absolute atomic E-state index is 0.244. The predicted octanol–water partition coefficient (Wildman–Crippen LogP) is 4.28. The summed E-state index contributed by atoms with van der Waals surface area (Å²) in [6, 6.07) is 5.34. The maximum absolute atomic E-state index is 14.3. The van der Waals surface area contributed by atoms with E-state index in [1.54, 1.807) is 26.8 Å². The Hall–Kier alpha value is -3.10. The predicted molar refractivity (Wildman–Crippen MR) is 143 cm³/mol. The Bertz CT molecular complexity index is 953. The number of aryl methyl sites for hydroxylation is 1. The molecule has 9 heteroatoms. The molecule has 1 rings (SSSR count). The van der Waals surface area contributed by atoms with Crippen molar-refractivity contribution in [2.45, 2.75) is 98.4 Å². The van der Waals surface area contributed by atoms with Crippen molar-refractivity contribution in [1.82, 2.24) is 15.5 Å². The Morgan fingerprint density at radius 2 is 1.68 bits per heavy atom. The molecule has 1 aromatic carbocycles. The molecule has 0 aromatic heterocycles. The molecule has 3 atom stereocenters. The number of nitrogens with zero attached hydrogens (tertiary/aromatic N) is 1. The number of hydrogen-bond donors (Lipinski definition) is 2. The van der Waals surface area contributed by atoms with Gasteiger partial charge in [0.2, 0.25) is 11.8 Å². The Labute approximate surface area is 221 Å². The van der Waals surface area contributed by atoms with Crippen LogP contribution in [0.3, 0.4) is 0 Å². The lowest BCUT2D eigenvalue weighted by Crippen LogP contribution is -2.60. The van der Waals surface area contributed by atoms with Crippen LogP contribution in [-0.4, -0.2) is 59.6 Å². The number of carbonyl (C=O) groups is 4. The number of alkyl carbamates (subject to hydrolysis) is 1. The second kappa shape index (κ2) is 13.4.